The molecule has 43 heavy (non-hydrogen) atoms. The molecule has 0 saturated heterocycles. The summed E-state index contributed by atoms with van der Waals surface area (Å²) < 4.78 is 29.3. The number of carbonyl (C=O) groups excluding carboxylic acids is 2. The number of fused-ring (bicyclic) bond motifs is 2. The number of furan rings is 1. The number of ketones is 1. The zero-order valence-electron chi connectivity index (χ0n) is 23.2. The largest absolute Gasteiger partial charge is 0.480 e. The maximum Gasteiger partial charge on any atom is 0.326 e. The molecule has 1 aliphatic carbocycles. The quantitative estimate of drug-likeness (QED) is 0.221. The number of carboxylic acid groups (broad SMARTS) is 1. The first kappa shape index (κ1) is 30.8. The number of carbonyl (C=O) groups is 3. The number of hydrogen-bond donors (Lipinski definition) is 2. The van der Waals surface area contributed by atoms with Gasteiger partial charge < -0.3 is 14.8 Å². The third-order valence-electron chi connectivity index (χ3n) is 7.85. The molecule has 0 radical (unpaired) electrons. The monoisotopic (exact) mass is 641 g/mol. The minimum atomic E-state index is -3.49. The van der Waals surface area contributed by atoms with E-state index in [0.29, 0.717) is 37.7 Å². The smallest absolute Gasteiger partial charge is 0.326 e. The number of halogens is 2. The SMILES string of the molecule is CS(=O)(=O)c1cccc(C[C@H](NC(=O)c2c(Cl)cc3c(c2Cl)CCC(C(=O)CCc2ccc4ccoc4c2)C3)C(=O)O)c1. The highest BCUT2D eigenvalue weighted by molar-refractivity contribution is 7.90. The van der Waals surface area contributed by atoms with E-state index in [1.54, 1.807) is 18.4 Å². The Hall–Kier alpha value is -3.66. The molecular weight excluding hydrogens is 613 g/mol. The average Bonchev–Trinajstić information content (AvgIpc) is 3.43. The van der Waals surface area contributed by atoms with Gasteiger partial charge in [-0.05, 0) is 78.3 Å². The van der Waals surface area contributed by atoms with Crippen LogP contribution < -0.4 is 5.32 Å². The number of Topliss-reactive ketones (excluding diaryl/α,β-unsaturated/α-hetero) is 1. The molecule has 1 heterocycles. The lowest BCUT2D eigenvalue weighted by molar-refractivity contribution is -0.139. The first-order chi connectivity index (χ1) is 20.4. The van der Waals surface area contributed by atoms with E-state index >= 15 is 0 Å². The van der Waals surface area contributed by atoms with Gasteiger partial charge >= 0.3 is 5.97 Å². The first-order valence-electron chi connectivity index (χ1n) is 13.7. The van der Waals surface area contributed by atoms with E-state index in [9.17, 15) is 27.9 Å². The van der Waals surface area contributed by atoms with E-state index in [4.69, 9.17) is 27.6 Å². The molecule has 3 aromatic carbocycles. The van der Waals surface area contributed by atoms with Crippen molar-refractivity contribution in [3.8, 4) is 0 Å². The lowest BCUT2D eigenvalue weighted by Gasteiger charge is -2.26. The molecule has 0 bridgehead atoms. The molecule has 0 aliphatic heterocycles. The van der Waals surface area contributed by atoms with Crippen LogP contribution in [0.15, 0.2) is 70.2 Å². The Bertz CT molecular complexity index is 1850. The van der Waals surface area contributed by atoms with Crippen LogP contribution in [-0.2, 0) is 45.1 Å². The summed E-state index contributed by atoms with van der Waals surface area (Å²) in [7, 11) is -3.49. The number of aliphatic carboxylic acids is 1. The van der Waals surface area contributed by atoms with Gasteiger partial charge in [-0.3, -0.25) is 9.59 Å². The van der Waals surface area contributed by atoms with Gasteiger partial charge in [0.2, 0.25) is 0 Å². The van der Waals surface area contributed by atoms with Crippen LogP contribution in [0.3, 0.4) is 0 Å². The Morgan fingerprint density at radius 1 is 1.07 bits per heavy atom. The first-order valence-corrected chi connectivity index (χ1v) is 16.4. The standard InChI is InChI=1S/C32H29Cl2NO7S/c1-43(40,41)23-4-2-3-19(13-23)14-26(32(38)39)35-31(37)29-25(33)17-22-16-21(8-9-24(22)30(29)34)27(36)10-6-18-5-7-20-11-12-42-28(20)15-18/h2-5,7,11-13,15,17,21,26H,6,8-10,14,16H2,1H3,(H,35,37)(H,38,39)/t21?,26-/m0/s1. The van der Waals surface area contributed by atoms with E-state index in [0.717, 1.165) is 33.9 Å². The molecule has 0 spiro atoms. The molecular formula is C32H29Cl2NO7S. The number of rotatable bonds is 10. The number of aryl methyl sites for hydroxylation is 1. The molecule has 1 aromatic heterocycles. The highest BCUT2D eigenvalue weighted by Gasteiger charge is 2.31. The van der Waals surface area contributed by atoms with Crippen LogP contribution in [0.2, 0.25) is 10.0 Å². The second-order valence-corrected chi connectivity index (χ2v) is 13.7. The van der Waals surface area contributed by atoms with Gasteiger partial charge in [-0.1, -0.05) is 47.5 Å². The van der Waals surface area contributed by atoms with Crippen molar-refractivity contribution in [3.05, 3.63) is 98.7 Å². The third kappa shape index (κ3) is 6.95. The Morgan fingerprint density at radius 2 is 1.86 bits per heavy atom. The molecule has 8 nitrogen and oxygen atoms in total. The maximum atomic E-state index is 13.3. The number of hydrogen-bond acceptors (Lipinski definition) is 6. The van der Waals surface area contributed by atoms with Gasteiger partial charge in [0.25, 0.3) is 5.91 Å². The van der Waals surface area contributed by atoms with E-state index in [2.05, 4.69) is 5.32 Å². The molecule has 0 saturated carbocycles. The van der Waals surface area contributed by atoms with Crippen molar-refractivity contribution in [2.45, 2.75) is 49.5 Å². The predicted molar refractivity (Wildman–Crippen MR) is 164 cm³/mol. The minimum Gasteiger partial charge on any atom is -0.480 e. The number of amides is 1. The maximum absolute atomic E-state index is 13.3. The van der Waals surface area contributed by atoms with E-state index in [1.165, 1.54) is 18.2 Å². The van der Waals surface area contributed by atoms with Crippen molar-refractivity contribution in [1.29, 1.82) is 0 Å². The normalized spacial score (nSPS) is 15.6. The van der Waals surface area contributed by atoms with Crippen molar-refractivity contribution in [2.75, 3.05) is 6.26 Å². The molecule has 224 valence electrons. The molecule has 0 fully saturated rings. The third-order valence-corrected chi connectivity index (χ3v) is 9.68. The van der Waals surface area contributed by atoms with E-state index < -0.39 is 27.8 Å². The molecule has 4 aromatic rings. The molecule has 11 heteroatoms. The molecule has 2 N–H and O–H groups in total. The number of benzene rings is 3. The zero-order chi connectivity index (χ0) is 30.9. The Morgan fingerprint density at radius 3 is 2.60 bits per heavy atom. The van der Waals surface area contributed by atoms with Gasteiger partial charge in [-0.2, -0.15) is 0 Å². The van der Waals surface area contributed by atoms with Crippen molar-refractivity contribution in [1.82, 2.24) is 5.32 Å². The number of nitrogens with one attached hydrogen (secondary N) is 1. The van der Waals surface area contributed by atoms with E-state index in [1.807, 2.05) is 24.3 Å². The minimum absolute atomic E-state index is 0.0312. The van der Waals surface area contributed by atoms with Gasteiger partial charge in [0.1, 0.15) is 17.4 Å². The summed E-state index contributed by atoms with van der Waals surface area (Å²) in [5.41, 5.74) is 3.72. The number of sulfone groups is 1. The predicted octanol–water partition coefficient (Wildman–Crippen LogP) is 5.88. The van der Waals surface area contributed by atoms with Crippen LogP contribution >= 0.6 is 23.2 Å². The van der Waals surface area contributed by atoms with Gasteiger partial charge in [0.15, 0.2) is 9.84 Å². The van der Waals surface area contributed by atoms with Crippen LogP contribution in [0.25, 0.3) is 11.0 Å². The second-order valence-electron chi connectivity index (χ2n) is 10.9. The van der Waals surface area contributed by atoms with Crippen LogP contribution in [-0.4, -0.2) is 43.5 Å². The van der Waals surface area contributed by atoms with Crippen molar-refractivity contribution in [3.63, 3.8) is 0 Å². The molecule has 5 rings (SSSR count). The van der Waals surface area contributed by atoms with E-state index in [-0.39, 0.29) is 38.6 Å². The van der Waals surface area contributed by atoms with Gasteiger partial charge in [-0.15, -0.1) is 0 Å². The fraction of sp³-hybridized carbons (Fsp3) is 0.281. The molecule has 1 amide bonds. The average molecular weight is 643 g/mol. The van der Waals surface area contributed by atoms with Crippen LogP contribution in [0, 0.1) is 5.92 Å². The Balaban J connectivity index is 1.27. The number of carboxylic acids is 1. The zero-order valence-corrected chi connectivity index (χ0v) is 25.6. The summed E-state index contributed by atoms with van der Waals surface area (Å²) in [6.07, 6.45) is 5.02. The van der Waals surface area contributed by atoms with Crippen molar-refractivity contribution >= 4 is 61.7 Å². The molecule has 1 unspecified atom stereocenters. The van der Waals surface area contributed by atoms with Crippen LogP contribution in [0.4, 0.5) is 0 Å². The molecule has 1 aliphatic rings. The fourth-order valence-corrected chi connectivity index (χ4v) is 6.98. The summed E-state index contributed by atoms with van der Waals surface area (Å²) in [5, 5.41) is 13.5. The van der Waals surface area contributed by atoms with Gasteiger partial charge in [0.05, 0.1) is 26.8 Å². The summed E-state index contributed by atoms with van der Waals surface area (Å²) in [5.74, 6) is -2.11. The van der Waals surface area contributed by atoms with Gasteiger partial charge in [-0.25, -0.2) is 13.2 Å². The van der Waals surface area contributed by atoms with Crippen LogP contribution in [0.5, 0.6) is 0 Å². The van der Waals surface area contributed by atoms with Crippen LogP contribution in [0.1, 0.15) is 45.5 Å². The summed E-state index contributed by atoms with van der Waals surface area (Å²) >= 11 is 13.2. The summed E-state index contributed by atoms with van der Waals surface area (Å²) in [4.78, 5) is 38.4. The highest BCUT2D eigenvalue weighted by atomic mass is 35.5. The second kappa shape index (κ2) is 12.5. The summed E-state index contributed by atoms with van der Waals surface area (Å²) in [6.45, 7) is 0. The Kier molecular flexibility index (Phi) is 8.96. The highest BCUT2D eigenvalue weighted by Crippen LogP contribution is 2.38. The molecule has 2 atom stereocenters. The Labute approximate surface area is 258 Å². The topological polar surface area (TPSA) is 131 Å². The van der Waals surface area contributed by atoms with Crippen molar-refractivity contribution in [2.24, 2.45) is 5.92 Å². The van der Waals surface area contributed by atoms with Gasteiger partial charge in [0, 0.05) is 30.4 Å². The lowest BCUT2D eigenvalue weighted by Crippen LogP contribution is -2.42. The summed E-state index contributed by atoms with van der Waals surface area (Å²) in [6, 6.07) is 14.0. The lowest BCUT2D eigenvalue weighted by atomic mass is 9.80. The fourth-order valence-electron chi connectivity index (χ4n) is 5.53. The van der Waals surface area contributed by atoms with Crippen molar-refractivity contribution < 1.29 is 32.3 Å².